The minimum atomic E-state index is -0.354. The van der Waals surface area contributed by atoms with Crippen molar-refractivity contribution in [3.8, 4) is 11.5 Å². The smallest absolute Gasteiger partial charge is 0.312 e. The average Bonchev–Trinajstić information content (AvgIpc) is 3.21. The van der Waals surface area contributed by atoms with Gasteiger partial charge < -0.3 is 24.2 Å². The van der Waals surface area contributed by atoms with Crippen molar-refractivity contribution in [1.29, 1.82) is 0 Å². The summed E-state index contributed by atoms with van der Waals surface area (Å²) in [5.41, 5.74) is 1.16. The highest BCUT2D eigenvalue weighted by atomic mass is 16.7. The fourth-order valence-corrected chi connectivity index (χ4v) is 3.94. The van der Waals surface area contributed by atoms with Crippen molar-refractivity contribution in [2.45, 2.75) is 13.5 Å². The highest BCUT2D eigenvalue weighted by Crippen LogP contribution is 2.32. The standard InChI is InChI=1S/C20H28N4O4/c1-2-21-5-9-23(10-6-21)19(25)20(26)24-11-7-22(8-12-24)14-16-3-4-17-18(13-16)28-15-27-17/h3-4,13H,2,5-12,14-15H2,1H3. The second kappa shape index (κ2) is 8.36. The Bertz CT molecular complexity index is 725. The Morgan fingerprint density at radius 2 is 1.39 bits per heavy atom. The van der Waals surface area contributed by atoms with Gasteiger partial charge in [0.25, 0.3) is 0 Å². The maximum absolute atomic E-state index is 12.6. The first kappa shape index (κ1) is 19.0. The van der Waals surface area contributed by atoms with Crippen LogP contribution in [0.5, 0.6) is 11.5 Å². The fraction of sp³-hybridized carbons (Fsp3) is 0.600. The molecule has 1 aromatic rings. The van der Waals surface area contributed by atoms with Crippen molar-refractivity contribution in [2.24, 2.45) is 0 Å². The van der Waals surface area contributed by atoms with E-state index in [1.54, 1.807) is 9.80 Å². The number of carbonyl (C=O) groups excluding carboxylic acids is 2. The van der Waals surface area contributed by atoms with Crippen LogP contribution in [0, 0.1) is 0 Å². The molecule has 1 aromatic carbocycles. The van der Waals surface area contributed by atoms with Crippen molar-refractivity contribution >= 4 is 11.8 Å². The summed E-state index contributed by atoms with van der Waals surface area (Å²) in [6, 6.07) is 6.00. The Balaban J connectivity index is 1.25. The molecule has 3 heterocycles. The molecule has 0 aliphatic carbocycles. The first-order chi connectivity index (χ1) is 13.6. The normalized spacial score (nSPS) is 20.5. The largest absolute Gasteiger partial charge is 0.454 e. The molecule has 8 heteroatoms. The van der Waals surface area contributed by atoms with Crippen LogP contribution in [-0.4, -0.2) is 97.1 Å². The van der Waals surface area contributed by atoms with Crippen molar-refractivity contribution in [3.63, 3.8) is 0 Å². The summed E-state index contributed by atoms with van der Waals surface area (Å²) in [6.07, 6.45) is 0. The number of ether oxygens (including phenoxy) is 2. The molecule has 152 valence electrons. The zero-order chi connectivity index (χ0) is 19.5. The van der Waals surface area contributed by atoms with E-state index in [2.05, 4.69) is 16.7 Å². The second-order valence-corrected chi connectivity index (χ2v) is 7.48. The Kier molecular flexibility index (Phi) is 5.68. The molecule has 3 aliphatic heterocycles. The maximum atomic E-state index is 12.6. The quantitative estimate of drug-likeness (QED) is 0.691. The third kappa shape index (κ3) is 4.07. The van der Waals surface area contributed by atoms with Gasteiger partial charge in [-0.15, -0.1) is 0 Å². The summed E-state index contributed by atoms with van der Waals surface area (Å²) in [5, 5.41) is 0. The van der Waals surface area contributed by atoms with Crippen molar-refractivity contribution in [2.75, 3.05) is 65.7 Å². The topological polar surface area (TPSA) is 65.6 Å². The van der Waals surface area contributed by atoms with Crippen LogP contribution in [0.25, 0.3) is 0 Å². The predicted molar refractivity (Wildman–Crippen MR) is 103 cm³/mol. The number of carbonyl (C=O) groups is 2. The lowest BCUT2D eigenvalue weighted by atomic mass is 10.1. The molecule has 0 spiro atoms. The van der Waals surface area contributed by atoms with Crippen LogP contribution in [0.3, 0.4) is 0 Å². The molecule has 3 aliphatic rings. The molecule has 0 radical (unpaired) electrons. The Morgan fingerprint density at radius 1 is 0.821 bits per heavy atom. The molecule has 0 aromatic heterocycles. The molecule has 28 heavy (non-hydrogen) atoms. The number of fused-ring (bicyclic) bond motifs is 1. The molecular formula is C20H28N4O4. The highest BCUT2D eigenvalue weighted by Gasteiger charge is 2.31. The number of amides is 2. The van der Waals surface area contributed by atoms with E-state index in [0.717, 1.165) is 56.3 Å². The number of likely N-dealkylation sites (N-methyl/N-ethyl adjacent to an activating group) is 1. The molecule has 8 nitrogen and oxygen atoms in total. The number of nitrogens with zero attached hydrogens (tertiary/aromatic N) is 4. The predicted octanol–water partition coefficient (Wildman–Crippen LogP) is 0.224. The van der Waals surface area contributed by atoms with E-state index in [1.165, 1.54) is 0 Å². The average molecular weight is 388 g/mol. The van der Waals surface area contributed by atoms with Crippen LogP contribution in [0.4, 0.5) is 0 Å². The zero-order valence-electron chi connectivity index (χ0n) is 16.4. The summed E-state index contributed by atoms with van der Waals surface area (Å²) >= 11 is 0. The van der Waals surface area contributed by atoms with E-state index in [1.807, 2.05) is 18.2 Å². The lowest BCUT2D eigenvalue weighted by Crippen LogP contribution is -2.56. The van der Waals surface area contributed by atoms with Gasteiger partial charge in [-0.2, -0.15) is 0 Å². The molecule has 0 unspecified atom stereocenters. The molecular weight excluding hydrogens is 360 g/mol. The van der Waals surface area contributed by atoms with Crippen LogP contribution in [0.2, 0.25) is 0 Å². The summed E-state index contributed by atoms with van der Waals surface area (Å²) < 4.78 is 10.8. The van der Waals surface area contributed by atoms with Crippen molar-refractivity contribution in [3.05, 3.63) is 23.8 Å². The Morgan fingerprint density at radius 3 is 2.00 bits per heavy atom. The van der Waals surface area contributed by atoms with Gasteiger partial charge >= 0.3 is 11.8 Å². The Hall–Kier alpha value is -2.32. The summed E-state index contributed by atoms with van der Waals surface area (Å²) in [4.78, 5) is 33.2. The van der Waals surface area contributed by atoms with Crippen LogP contribution in [0.1, 0.15) is 12.5 Å². The molecule has 2 amide bonds. The molecule has 0 bridgehead atoms. The van der Waals surface area contributed by atoms with Gasteiger partial charge in [-0.25, -0.2) is 0 Å². The zero-order valence-corrected chi connectivity index (χ0v) is 16.4. The first-order valence-corrected chi connectivity index (χ1v) is 10.1. The van der Waals surface area contributed by atoms with Gasteiger partial charge in [0.15, 0.2) is 11.5 Å². The fourth-order valence-electron chi connectivity index (χ4n) is 3.94. The molecule has 0 saturated carbocycles. The highest BCUT2D eigenvalue weighted by molar-refractivity contribution is 6.34. The van der Waals surface area contributed by atoms with Gasteiger partial charge in [0.1, 0.15) is 0 Å². The first-order valence-electron chi connectivity index (χ1n) is 10.1. The van der Waals surface area contributed by atoms with Crippen LogP contribution >= 0.6 is 0 Å². The number of hydrogen-bond donors (Lipinski definition) is 0. The number of benzene rings is 1. The lowest BCUT2D eigenvalue weighted by molar-refractivity contribution is -0.153. The summed E-state index contributed by atoms with van der Waals surface area (Å²) in [5.74, 6) is 0.880. The second-order valence-electron chi connectivity index (χ2n) is 7.48. The van der Waals surface area contributed by atoms with Crippen LogP contribution < -0.4 is 9.47 Å². The summed E-state index contributed by atoms with van der Waals surface area (Å²) in [6.45, 7) is 9.85. The lowest BCUT2D eigenvalue weighted by Gasteiger charge is -2.37. The van der Waals surface area contributed by atoms with Gasteiger partial charge in [-0.05, 0) is 24.2 Å². The number of piperazine rings is 2. The van der Waals surface area contributed by atoms with Gasteiger partial charge in [0.2, 0.25) is 6.79 Å². The minimum absolute atomic E-state index is 0.279. The van der Waals surface area contributed by atoms with Crippen LogP contribution in [-0.2, 0) is 16.1 Å². The Labute approximate surface area is 165 Å². The van der Waals surface area contributed by atoms with E-state index in [4.69, 9.17) is 9.47 Å². The summed E-state index contributed by atoms with van der Waals surface area (Å²) in [7, 11) is 0. The molecule has 2 fully saturated rings. The molecule has 0 N–H and O–H groups in total. The van der Waals surface area contributed by atoms with Gasteiger partial charge in [-0.1, -0.05) is 13.0 Å². The van der Waals surface area contributed by atoms with Crippen molar-refractivity contribution < 1.29 is 19.1 Å². The molecule has 0 atom stereocenters. The van der Waals surface area contributed by atoms with E-state index in [-0.39, 0.29) is 18.6 Å². The SMILES string of the molecule is CCN1CCN(C(=O)C(=O)N2CCN(Cc3ccc4c(c3)OCO4)CC2)CC1. The van der Waals surface area contributed by atoms with E-state index in [0.29, 0.717) is 26.2 Å². The van der Waals surface area contributed by atoms with Crippen LogP contribution in [0.15, 0.2) is 18.2 Å². The number of hydrogen-bond acceptors (Lipinski definition) is 6. The third-order valence-electron chi connectivity index (χ3n) is 5.79. The van der Waals surface area contributed by atoms with E-state index >= 15 is 0 Å². The van der Waals surface area contributed by atoms with E-state index in [9.17, 15) is 9.59 Å². The number of rotatable bonds is 3. The van der Waals surface area contributed by atoms with E-state index < -0.39 is 0 Å². The minimum Gasteiger partial charge on any atom is -0.454 e. The monoisotopic (exact) mass is 388 g/mol. The van der Waals surface area contributed by atoms with Gasteiger partial charge in [0.05, 0.1) is 0 Å². The maximum Gasteiger partial charge on any atom is 0.312 e. The third-order valence-corrected chi connectivity index (χ3v) is 5.79. The van der Waals surface area contributed by atoms with Gasteiger partial charge in [-0.3, -0.25) is 14.5 Å². The van der Waals surface area contributed by atoms with Gasteiger partial charge in [0, 0.05) is 58.9 Å². The molecule has 4 rings (SSSR count). The van der Waals surface area contributed by atoms with Crippen molar-refractivity contribution in [1.82, 2.24) is 19.6 Å². The molecule has 2 saturated heterocycles.